The molecule has 0 fully saturated rings. The third-order valence-corrected chi connectivity index (χ3v) is 3.95. The molecular formula is C18H22N2. The Morgan fingerprint density at radius 3 is 2.55 bits per heavy atom. The van der Waals surface area contributed by atoms with Gasteiger partial charge >= 0.3 is 0 Å². The van der Waals surface area contributed by atoms with Gasteiger partial charge in [-0.25, -0.2) is 0 Å². The molecule has 1 aliphatic rings. The molecule has 2 aromatic carbocycles. The van der Waals surface area contributed by atoms with Crippen LogP contribution in [0.2, 0.25) is 0 Å². The molecule has 0 atom stereocenters. The first-order valence-electron chi connectivity index (χ1n) is 7.27. The predicted octanol–water partition coefficient (Wildman–Crippen LogP) is 3.91. The second-order valence-corrected chi connectivity index (χ2v) is 5.87. The summed E-state index contributed by atoms with van der Waals surface area (Å²) in [5, 5.41) is 3.41. The molecule has 1 heterocycles. The highest BCUT2D eigenvalue weighted by molar-refractivity contribution is 5.57. The Kier molecular flexibility index (Phi) is 3.39. The van der Waals surface area contributed by atoms with Gasteiger partial charge in [0.05, 0.1) is 0 Å². The van der Waals surface area contributed by atoms with Gasteiger partial charge in [-0.2, -0.15) is 0 Å². The molecule has 0 unspecified atom stereocenters. The summed E-state index contributed by atoms with van der Waals surface area (Å²) < 4.78 is 0. The van der Waals surface area contributed by atoms with Gasteiger partial charge in [0, 0.05) is 31.5 Å². The molecule has 0 radical (unpaired) electrons. The molecule has 2 heteroatoms. The SMILES string of the molecule is Cc1cc(C)cc(N(C)Cc2ccc3c(c2)CCN3)c1. The Labute approximate surface area is 121 Å². The van der Waals surface area contributed by atoms with Crippen molar-refractivity contribution >= 4 is 11.4 Å². The Balaban J connectivity index is 1.80. The fraction of sp³-hybridized carbons (Fsp3) is 0.333. The van der Waals surface area contributed by atoms with Gasteiger partial charge in [0.15, 0.2) is 0 Å². The maximum Gasteiger partial charge on any atom is 0.0426 e. The Morgan fingerprint density at radius 1 is 1.05 bits per heavy atom. The van der Waals surface area contributed by atoms with E-state index in [1.54, 1.807) is 0 Å². The van der Waals surface area contributed by atoms with Gasteiger partial charge in [0.25, 0.3) is 0 Å². The number of anilines is 2. The summed E-state index contributed by atoms with van der Waals surface area (Å²) in [6.07, 6.45) is 1.15. The zero-order valence-corrected chi connectivity index (χ0v) is 12.5. The van der Waals surface area contributed by atoms with Gasteiger partial charge in [-0.05, 0) is 60.7 Å². The fourth-order valence-corrected chi connectivity index (χ4v) is 2.99. The zero-order valence-electron chi connectivity index (χ0n) is 12.5. The number of rotatable bonds is 3. The molecule has 0 amide bonds. The van der Waals surface area contributed by atoms with Crippen molar-refractivity contribution in [2.75, 3.05) is 23.8 Å². The van der Waals surface area contributed by atoms with Crippen LogP contribution < -0.4 is 10.2 Å². The van der Waals surface area contributed by atoms with Crippen LogP contribution in [-0.2, 0) is 13.0 Å². The summed E-state index contributed by atoms with van der Waals surface area (Å²) in [6, 6.07) is 13.5. The first-order chi connectivity index (χ1) is 9.61. The normalized spacial score (nSPS) is 12.9. The maximum atomic E-state index is 3.41. The highest BCUT2D eigenvalue weighted by Gasteiger charge is 2.11. The van der Waals surface area contributed by atoms with E-state index in [1.165, 1.54) is 33.6 Å². The maximum absolute atomic E-state index is 3.41. The summed E-state index contributed by atoms with van der Waals surface area (Å²) in [6.45, 7) is 6.35. The topological polar surface area (TPSA) is 15.3 Å². The molecular weight excluding hydrogens is 244 g/mol. The van der Waals surface area contributed by atoms with Crippen LogP contribution in [0.25, 0.3) is 0 Å². The van der Waals surface area contributed by atoms with Crippen LogP contribution in [-0.4, -0.2) is 13.6 Å². The Bertz CT molecular complexity index is 611. The molecule has 0 aromatic heterocycles. The second kappa shape index (κ2) is 5.20. The third kappa shape index (κ3) is 2.64. The molecule has 0 saturated carbocycles. The fourth-order valence-electron chi connectivity index (χ4n) is 2.99. The Hall–Kier alpha value is -1.96. The minimum Gasteiger partial charge on any atom is -0.384 e. The van der Waals surface area contributed by atoms with E-state index < -0.39 is 0 Å². The summed E-state index contributed by atoms with van der Waals surface area (Å²) >= 11 is 0. The number of fused-ring (bicyclic) bond motifs is 1. The number of nitrogens with one attached hydrogen (secondary N) is 1. The summed E-state index contributed by atoms with van der Waals surface area (Å²) in [7, 11) is 2.17. The molecule has 20 heavy (non-hydrogen) atoms. The lowest BCUT2D eigenvalue weighted by atomic mass is 10.1. The second-order valence-electron chi connectivity index (χ2n) is 5.87. The number of benzene rings is 2. The largest absolute Gasteiger partial charge is 0.384 e. The predicted molar refractivity (Wildman–Crippen MR) is 86.7 cm³/mol. The first kappa shape index (κ1) is 13.0. The van der Waals surface area contributed by atoms with E-state index in [0.29, 0.717) is 0 Å². The quantitative estimate of drug-likeness (QED) is 0.906. The van der Waals surface area contributed by atoms with Gasteiger partial charge in [-0.15, -0.1) is 0 Å². The average molecular weight is 266 g/mol. The zero-order chi connectivity index (χ0) is 14.1. The van der Waals surface area contributed by atoms with E-state index in [1.807, 2.05) is 0 Å². The number of hydrogen-bond donors (Lipinski definition) is 1. The molecule has 1 aliphatic heterocycles. The first-order valence-corrected chi connectivity index (χ1v) is 7.27. The number of hydrogen-bond acceptors (Lipinski definition) is 2. The van der Waals surface area contributed by atoms with Crippen molar-refractivity contribution in [1.82, 2.24) is 0 Å². The highest BCUT2D eigenvalue weighted by atomic mass is 15.1. The molecule has 1 N–H and O–H groups in total. The number of aryl methyl sites for hydroxylation is 2. The van der Waals surface area contributed by atoms with Crippen LogP contribution in [0.1, 0.15) is 22.3 Å². The van der Waals surface area contributed by atoms with Crippen molar-refractivity contribution in [3.8, 4) is 0 Å². The van der Waals surface area contributed by atoms with Crippen molar-refractivity contribution in [3.63, 3.8) is 0 Å². The van der Waals surface area contributed by atoms with E-state index in [2.05, 4.69) is 67.5 Å². The Morgan fingerprint density at radius 2 is 1.80 bits per heavy atom. The molecule has 3 rings (SSSR count). The van der Waals surface area contributed by atoms with Gasteiger partial charge < -0.3 is 10.2 Å². The van der Waals surface area contributed by atoms with Crippen molar-refractivity contribution in [1.29, 1.82) is 0 Å². The van der Waals surface area contributed by atoms with Crippen molar-refractivity contribution in [2.24, 2.45) is 0 Å². The average Bonchev–Trinajstić information content (AvgIpc) is 2.85. The van der Waals surface area contributed by atoms with Crippen molar-refractivity contribution in [2.45, 2.75) is 26.8 Å². The molecule has 104 valence electrons. The van der Waals surface area contributed by atoms with E-state index in [4.69, 9.17) is 0 Å². The van der Waals surface area contributed by atoms with Gasteiger partial charge in [-0.3, -0.25) is 0 Å². The summed E-state index contributed by atoms with van der Waals surface area (Å²) in [5.41, 5.74) is 8.09. The standard InChI is InChI=1S/C18H22N2/c1-13-8-14(2)10-17(9-13)20(3)12-15-4-5-18-16(11-15)6-7-19-18/h4-5,8-11,19H,6-7,12H2,1-3H3. The van der Waals surface area contributed by atoms with Crippen LogP contribution in [0.5, 0.6) is 0 Å². The summed E-state index contributed by atoms with van der Waals surface area (Å²) in [5.74, 6) is 0. The lowest BCUT2D eigenvalue weighted by Gasteiger charge is -2.21. The van der Waals surface area contributed by atoms with Crippen molar-refractivity contribution in [3.05, 3.63) is 58.7 Å². The van der Waals surface area contributed by atoms with Crippen LogP contribution in [0.4, 0.5) is 11.4 Å². The lowest BCUT2D eigenvalue weighted by Crippen LogP contribution is -2.16. The molecule has 0 aliphatic carbocycles. The van der Waals surface area contributed by atoms with Gasteiger partial charge in [0.2, 0.25) is 0 Å². The van der Waals surface area contributed by atoms with Crippen LogP contribution in [0.3, 0.4) is 0 Å². The van der Waals surface area contributed by atoms with E-state index in [0.717, 1.165) is 19.5 Å². The van der Waals surface area contributed by atoms with E-state index >= 15 is 0 Å². The molecule has 0 saturated heterocycles. The van der Waals surface area contributed by atoms with E-state index in [-0.39, 0.29) is 0 Å². The van der Waals surface area contributed by atoms with Gasteiger partial charge in [0.1, 0.15) is 0 Å². The van der Waals surface area contributed by atoms with Crippen LogP contribution >= 0.6 is 0 Å². The minimum atomic E-state index is 0.955. The van der Waals surface area contributed by atoms with Crippen molar-refractivity contribution < 1.29 is 0 Å². The molecule has 2 aromatic rings. The lowest BCUT2D eigenvalue weighted by molar-refractivity contribution is 0.918. The van der Waals surface area contributed by atoms with Gasteiger partial charge in [-0.1, -0.05) is 18.2 Å². The monoisotopic (exact) mass is 266 g/mol. The summed E-state index contributed by atoms with van der Waals surface area (Å²) in [4.78, 5) is 2.32. The highest BCUT2D eigenvalue weighted by Crippen LogP contribution is 2.25. The molecule has 0 bridgehead atoms. The molecule has 0 spiro atoms. The third-order valence-electron chi connectivity index (χ3n) is 3.95. The van der Waals surface area contributed by atoms with Crippen LogP contribution in [0.15, 0.2) is 36.4 Å². The smallest absolute Gasteiger partial charge is 0.0426 e. The molecule has 2 nitrogen and oxygen atoms in total. The minimum absolute atomic E-state index is 0.955. The number of nitrogens with zero attached hydrogens (tertiary/aromatic N) is 1. The van der Waals surface area contributed by atoms with E-state index in [9.17, 15) is 0 Å². The van der Waals surface area contributed by atoms with Crippen LogP contribution in [0, 0.1) is 13.8 Å².